The molecule has 2 amide bonds. The lowest BCUT2D eigenvalue weighted by atomic mass is 10.3. The van der Waals surface area contributed by atoms with Gasteiger partial charge >= 0.3 is 0 Å². The van der Waals surface area contributed by atoms with Crippen LogP contribution in [0.15, 0.2) is 22.4 Å². The van der Waals surface area contributed by atoms with Crippen LogP contribution >= 0.6 is 23.5 Å². The predicted octanol–water partition coefficient (Wildman–Crippen LogP) is 0.289. The number of aliphatic hydroxyl groups excluding tert-OH is 1. The zero-order valence-corrected chi connectivity index (χ0v) is 12.7. The minimum atomic E-state index is -1.16. The van der Waals surface area contributed by atoms with Crippen molar-refractivity contribution in [3.05, 3.63) is 12.2 Å². The second kappa shape index (κ2) is 5.98. The molecule has 1 atom stereocenters. The summed E-state index contributed by atoms with van der Waals surface area (Å²) in [4.78, 5) is 25.9. The maximum absolute atomic E-state index is 11.8. The Balaban J connectivity index is 2.19. The van der Waals surface area contributed by atoms with Crippen LogP contribution in [-0.2, 0) is 9.59 Å². The summed E-state index contributed by atoms with van der Waals surface area (Å²) in [5.41, 5.74) is -0.389. The average Bonchev–Trinajstić information content (AvgIpc) is 2.83. The van der Waals surface area contributed by atoms with Crippen molar-refractivity contribution in [2.75, 3.05) is 19.3 Å². The topological polar surface area (TPSA) is 85.6 Å². The highest BCUT2D eigenvalue weighted by atomic mass is 32.2. The van der Waals surface area contributed by atoms with Gasteiger partial charge in [-0.3, -0.25) is 19.4 Å². The molecule has 2 fully saturated rings. The molecular formula is C11H14N4O3S2. The highest BCUT2D eigenvalue weighted by Crippen LogP contribution is 2.26. The molecule has 2 heterocycles. The molecule has 108 valence electrons. The third kappa shape index (κ3) is 3.05. The van der Waals surface area contributed by atoms with Crippen molar-refractivity contribution in [1.29, 1.82) is 0 Å². The van der Waals surface area contributed by atoms with E-state index in [2.05, 4.69) is 16.8 Å². The van der Waals surface area contributed by atoms with Crippen LogP contribution in [0.1, 0.15) is 6.92 Å². The van der Waals surface area contributed by atoms with Crippen LogP contribution < -0.4 is 0 Å². The summed E-state index contributed by atoms with van der Waals surface area (Å²) in [5, 5.41) is 18.3. The lowest BCUT2D eigenvalue weighted by molar-refractivity contribution is -0.130. The maximum atomic E-state index is 11.8. The number of hydrogen-bond acceptors (Lipinski definition) is 7. The molecule has 2 saturated heterocycles. The molecule has 9 heteroatoms. The summed E-state index contributed by atoms with van der Waals surface area (Å²) in [6, 6.07) is 0. The van der Waals surface area contributed by atoms with E-state index in [9.17, 15) is 14.7 Å². The van der Waals surface area contributed by atoms with Crippen molar-refractivity contribution in [2.45, 2.75) is 12.4 Å². The Kier molecular flexibility index (Phi) is 4.51. The summed E-state index contributed by atoms with van der Waals surface area (Å²) in [7, 11) is 1.62. The number of amides is 2. The van der Waals surface area contributed by atoms with Gasteiger partial charge in [0, 0.05) is 13.6 Å². The van der Waals surface area contributed by atoms with Gasteiger partial charge in [-0.15, -0.1) is 10.2 Å². The van der Waals surface area contributed by atoms with Crippen LogP contribution in [0.2, 0.25) is 0 Å². The lowest BCUT2D eigenvalue weighted by Gasteiger charge is -2.14. The Morgan fingerprint density at radius 2 is 2.10 bits per heavy atom. The van der Waals surface area contributed by atoms with E-state index in [1.807, 2.05) is 0 Å². The summed E-state index contributed by atoms with van der Waals surface area (Å²) >= 11 is 2.22. The van der Waals surface area contributed by atoms with Crippen LogP contribution in [-0.4, -0.2) is 61.8 Å². The molecule has 1 unspecified atom stereocenters. The number of carbonyl (C=O) groups excluding carboxylic acids is 2. The van der Waals surface area contributed by atoms with Gasteiger partial charge in [0.25, 0.3) is 5.91 Å². The van der Waals surface area contributed by atoms with Crippen molar-refractivity contribution >= 4 is 45.7 Å². The largest absolute Gasteiger partial charge is 0.373 e. The predicted molar refractivity (Wildman–Crippen MR) is 80.2 cm³/mol. The Labute approximate surface area is 124 Å². The molecule has 0 radical (unpaired) electrons. The normalized spacial score (nSPS) is 27.2. The Morgan fingerprint density at radius 1 is 1.45 bits per heavy atom. The van der Waals surface area contributed by atoms with Gasteiger partial charge < -0.3 is 5.11 Å². The second-order valence-electron chi connectivity index (χ2n) is 4.36. The van der Waals surface area contributed by atoms with Crippen molar-refractivity contribution < 1.29 is 14.7 Å². The van der Waals surface area contributed by atoms with Crippen LogP contribution in [0, 0.1) is 0 Å². The number of hydrogen-bond donors (Lipinski definition) is 1. The summed E-state index contributed by atoms with van der Waals surface area (Å²) in [5.74, 6) is -0.131. The minimum Gasteiger partial charge on any atom is -0.373 e. The van der Waals surface area contributed by atoms with E-state index in [1.54, 1.807) is 14.0 Å². The fourth-order valence-electron chi connectivity index (χ4n) is 1.54. The smallest absolute Gasteiger partial charge is 0.268 e. The number of carbonyl (C=O) groups is 2. The van der Waals surface area contributed by atoms with Crippen molar-refractivity contribution in [3.8, 4) is 0 Å². The van der Waals surface area contributed by atoms with Crippen LogP contribution in [0.3, 0.4) is 0 Å². The fraction of sp³-hybridized carbons (Fsp3) is 0.455. The van der Waals surface area contributed by atoms with Gasteiger partial charge in [0.05, 0.1) is 5.75 Å². The van der Waals surface area contributed by atoms with Crippen molar-refractivity contribution in [3.63, 3.8) is 0 Å². The first-order valence-electron chi connectivity index (χ1n) is 5.75. The third-order valence-electron chi connectivity index (χ3n) is 2.56. The van der Waals surface area contributed by atoms with Crippen LogP contribution in [0.4, 0.5) is 0 Å². The summed E-state index contributed by atoms with van der Waals surface area (Å²) < 4.78 is 0. The molecule has 0 spiro atoms. The Hall–Kier alpha value is -1.32. The molecule has 2 aliphatic heterocycles. The fourth-order valence-corrected chi connectivity index (χ4v) is 3.18. The van der Waals surface area contributed by atoms with Gasteiger partial charge in [-0.1, -0.05) is 23.9 Å². The molecule has 0 bridgehead atoms. The molecule has 2 aliphatic rings. The maximum Gasteiger partial charge on any atom is 0.268 e. The molecule has 0 aliphatic carbocycles. The number of amidine groups is 2. The highest BCUT2D eigenvalue weighted by Gasteiger charge is 2.37. The van der Waals surface area contributed by atoms with Crippen LogP contribution in [0.25, 0.3) is 0 Å². The van der Waals surface area contributed by atoms with E-state index < -0.39 is 11.3 Å². The van der Waals surface area contributed by atoms with E-state index in [1.165, 1.54) is 21.6 Å². The minimum absolute atomic E-state index is 0.0390. The van der Waals surface area contributed by atoms with E-state index in [-0.39, 0.29) is 12.5 Å². The highest BCUT2D eigenvalue weighted by molar-refractivity contribution is 8.15. The first-order valence-corrected chi connectivity index (χ1v) is 7.62. The molecule has 2 rings (SSSR count). The molecule has 0 aromatic rings. The molecule has 20 heavy (non-hydrogen) atoms. The van der Waals surface area contributed by atoms with E-state index in [0.29, 0.717) is 16.1 Å². The van der Waals surface area contributed by atoms with Gasteiger partial charge in [0.2, 0.25) is 5.91 Å². The first kappa shape index (κ1) is 15.1. The van der Waals surface area contributed by atoms with E-state index in [0.717, 1.165) is 17.3 Å². The lowest BCUT2D eigenvalue weighted by Crippen LogP contribution is -2.33. The van der Waals surface area contributed by atoms with Gasteiger partial charge in [-0.05, 0) is 18.7 Å². The zero-order chi connectivity index (χ0) is 14.9. The van der Waals surface area contributed by atoms with Gasteiger partial charge in [0.1, 0.15) is 0 Å². The quantitative estimate of drug-likeness (QED) is 0.598. The van der Waals surface area contributed by atoms with Gasteiger partial charge in [-0.2, -0.15) is 0 Å². The number of aliphatic hydroxyl groups is 1. The Bertz CT molecular complexity index is 532. The molecular weight excluding hydrogens is 300 g/mol. The SMILES string of the molecule is C=C(C)CN1C(=O)C(O)S/C1=N/N=C1/SCC(=O)N1C. The zero-order valence-electron chi connectivity index (χ0n) is 11.1. The molecule has 0 saturated carbocycles. The van der Waals surface area contributed by atoms with Gasteiger partial charge in [0.15, 0.2) is 15.8 Å². The Morgan fingerprint density at radius 3 is 2.65 bits per heavy atom. The first-order chi connectivity index (χ1) is 9.40. The summed E-state index contributed by atoms with van der Waals surface area (Å²) in [6.07, 6.45) is 0. The molecule has 0 aromatic heterocycles. The number of rotatable bonds is 3. The number of nitrogens with zero attached hydrogens (tertiary/aromatic N) is 4. The van der Waals surface area contributed by atoms with Crippen LogP contribution in [0.5, 0.6) is 0 Å². The molecule has 7 nitrogen and oxygen atoms in total. The average molecular weight is 314 g/mol. The molecule has 0 aromatic carbocycles. The van der Waals surface area contributed by atoms with Crippen molar-refractivity contribution in [2.24, 2.45) is 10.2 Å². The monoisotopic (exact) mass is 314 g/mol. The van der Waals surface area contributed by atoms with Gasteiger partial charge in [-0.25, -0.2) is 0 Å². The third-order valence-corrected chi connectivity index (χ3v) is 4.50. The molecule has 1 N–H and O–H groups in total. The summed E-state index contributed by atoms with van der Waals surface area (Å²) in [6.45, 7) is 5.81. The van der Waals surface area contributed by atoms with E-state index >= 15 is 0 Å². The van der Waals surface area contributed by atoms with Crippen molar-refractivity contribution in [1.82, 2.24) is 9.80 Å². The second-order valence-corrected chi connectivity index (χ2v) is 6.35. The number of thioether (sulfide) groups is 2. The van der Waals surface area contributed by atoms with E-state index in [4.69, 9.17) is 0 Å². The standard InChI is InChI=1S/C11H14N4O3S2/c1-6(2)4-15-8(17)9(18)20-11(15)13-12-10-14(3)7(16)5-19-10/h9,18H,1,4-5H2,2-3H3/b12-10+,13-11+.